The van der Waals surface area contributed by atoms with Gasteiger partial charge in [-0.25, -0.2) is 0 Å². The third-order valence-electron chi connectivity index (χ3n) is 3.99. The zero-order chi connectivity index (χ0) is 13.2. The van der Waals surface area contributed by atoms with Crippen molar-refractivity contribution in [3.05, 3.63) is 5.32 Å². The maximum absolute atomic E-state index is 4.43. The Morgan fingerprint density at radius 2 is 1.63 bits per heavy atom. The summed E-state index contributed by atoms with van der Waals surface area (Å²) in [6.45, 7) is 13.5. The second kappa shape index (κ2) is 12.7. The second-order valence-electron chi connectivity index (χ2n) is 5.25. The van der Waals surface area contributed by atoms with Crippen molar-refractivity contribution < 1.29 is 32.7 Å². The van der Waals surface area contributed by atoms with Gasteiger partial charge in [0.1, 0.15) is 0 Å². The molecule has 1 N–H and O–H groups in total. The average molecular weight is 343 g/mol. The van der Waals surface area contributed by atoms with Crippen LogP contribution in [0.4, 0.5) is 0 Å². The zero-order valence-electron chi connectivity index (χ0n) is 13.2. The number of nitrogens with zero attached hydrogens (tertiary/aromatic N) is 2. The second-order valence-corrected chi connectivity index (χ2v) is 5.25. The first kappa shape index (κ1) is 20.0. The maximum Gasteiger partial charge on any atom is 0.00912 e. The normalized spacial score (nSPS) is 22.3. The van der Waals surface area contributed by atoms with Crippen molar-refractivity contribution in [1.82, 2.24) is 10.2 Å². The predicted molar refractivity (Wildman–Crippen MR) is 80.3 cm³/mol. The number of likely N-dealkylation sites (tertiary alicyclic amines) is 1. The van der Waals surface area contributed by atoms with Gasteiger partial charge < -0.3 is 15.5 Å². The molecular weight excluding hydrogens is 311 g/mol. The van der Waals surface area contributed by atoms with Gasteiger partial charge in [0.2, 0.25) is 0 Å². The zero-order valence-corrected chi connectivity index (χ0v) is 16.0. The van der Waals surface area contributed by atoms with Crippen LogP contribution in [0.5, 0.6) is 0 Å². The summed E-state index contributed by atoms with van der Waals surface area (Å²) in [4.78, 5) is 2.67. The quantitative estimate of drug-likeness (QED) is 0.851. The molecule has 0 saturated carbocycles. The van der Waals surface area contributed by atoms with Gasteiger partial charge in [-0.15, -0.1) is 13.1 Å². The molecule has 2 aliphatic rings. The van der Waals surface area contributed by atoms with Crippen LogP contribution in [0.1, 0.15) is 46.5 Å². The van der Waals surface area contributed by atoms with Crippen LogP contribution in [-0.4, -0.2) is 50.2 Å². The van der Waals surface area contributed by atoms with Gasteiger partial charge in [-0.1, -0.05) is 33.6 Å². The smallest absolute Gasteiger partial charge is 0.00912 e. The molecule has 1 radical (unpaired) electrons. The molecule has 4 heteroatoms. The molecule has 3 nitrogen and oxygen atoms in total. The molecule has 2 saturated heterocycles. The summed E-state index contributed by atoms with van der Waals surface area (Å²) >= 11 is 0. The summed E-state index contributed by atoms with van der Waals surface area (Å²) in [5.74, 6) is 0.924. The molecule has 2 fully saturated rings. The molecule has 2 heterocycles. The van der Waals surface area contributed by atoms with E-state index >= 15 is 0 Å². The maximum atomic E-state index is 4.43. The Labute approximate surface area is 145 Å². The van der Waals surface area contributed by atoms with Crippen LogP contribution >= 0.6 is 0 Å². The molecule has 0 aromatic carbocycles. The molecule has 0 amide bonds. The van der Waals surface area contributed by atoms with Gasteiger partial charge in [0.25, 0.3) is 0 Å². The first-order valence-corrected chi connectivity index (χ1v) is 7.97. The fraction of sp³-hybridized carbons (Fsp3) is 1.00. The van der Waals surface area contributed by atoms with Gasteiger partial charge in [-0.2, -0.15) is 0 Å². The number of rotatable bonds is 4. The topological polar surface area (TPSA) is 29.4 Å². The standard InChI is InChI=1S/C13H26N3.C2H6.Y/c1-2-15-13-5-9-16(10-6-13)11-12-3-7-14-8-4-12;1-2;/h12-13,15H,2-11H2,1H3;1-2H3;/q-1;;. The van der Waals surface area contributed by atoms with Gasteiger partial charge in [0.15, 0.2) is 0 Å². The summed E-state index contributed by atoms with van der Waals surface area (Å²) in [5, 5.41) is 8.00. The average Bonchev–Trinajstić information content (AvgIpc) is 2.45. The van der Waals surface area contributed by atoms with E-state index in [2.05, 4.69) is 22.5 Å². The van der Waals surface area contributed by atoms with E-state index in [0.29, 0.717) is 0 Å². The van der Waals surface area contributed by atoms with E-state index < -0.39 is 0 Å². The van der Waals surface area contributed by atoms with Crippen molar-refractivity contribution in [3.8, 4) is 0 Å². The fourth-order valence-electron chi connectivity index (χ4n) is 2.96. The predicted octanol–water partition coefficient (Wildman–Crippen LogP) is 2.87. The van der Waals surface area contributed by atoms with Crippen LogP contribution < -0.4 is 5.32 Å². The van der Waals surface area contributed by atoms with Crippen molar-refractivity contribution in [3.63, 3.8) is 0 Å². The first-order chi connectivity index (χ1) is 8.88. The summed E-state index contributed by atoms with van der Waals surface area (Å²) in [7, 11) is 0. The Morgan fingerprint density at radius 3 is 2.16 bits per heavy atom. The molecule has 2 aliphatic heterocycles. The summed E-state index contributed by atoms with van der Waals surface area (Å²) < 4.78 is 0. The molecule has 0 unspecified atom stereocenters. The molecular formula is C15H32N3Y-. The van der Waals surface area contributed by atoms with E-state index in [-0.39, 0.29) is 32.7 Å². The Morgan fingerprint density at radius 1 is 1.05 bits per heavy atom. The summed E-state index contributed by atoms with van der Waals surface area (Å²) in [5.41, 5.74) is 0. The Kier molecular flexibility index (Phi) is 13.4. The van der Waals surface area contributed by atoms with E-state index in [0.717, 1.165) is 31.6 Å². The number of nitrogens with one attached hydrogen (secondary N) is 1. The summed E-state index contributed by atoms with van der Waals surface area (Å²) in [6, 6.07) is 0.780. The van der Waals surface area contributed by atoms with Gasteiger partial charge in [-0.3, -0.25) is 0 Å². The fourth-order valence-corrected chi connectivity index (χ4v) is 2.96. The van der Waals surface area contributed by atoms with E-state index in [1.807, 2.05) is 13.8 Å². The molecule has 0 aromatic heterocycles. The molecule has 19 heavy (non-hydrogen) atoms. The van der Waals surface area contributed by atoms with Crippen LogP contribution in [-0.2, 0) is 32.7 Å². The molecule has 0 bridgehead atoms. The van der Waals surface area contributed by atoms with Gasteiger partial charge in [-0.05, 0) is 38.4 Å². The van der Waals surface area contributed by atoms with Crippen molar-refractivity contribution in [1.29, 1.82) is 0 Å². The molecule has 0 aliphatic carbocycles. The monoisotopic (exact) mass is 343 g/mol. The van der Waals surface area contributed by atoms with E-state index in [1.54, 1.807) is 0 Å². The minimum absolute atomic E-state index is 0. The van der Waals surface area contributed by atoms with Crippen LogP contribution in [0.3, 0.4) is 0 Å². The Hall–Kier alpha value is 0.984. The van der Waals surface area contributed by atoms with Gasteiger partial charge in [0.05, 0.1) is 0 Å². The third-order valence-corrected chi connectivity index (χ3v) is 3.99. The van der Waals surface area contributed by atoms with Crippen LogP contribution in [0.2, 0.25) is 0 Å². The summed E-state index contributed by atoms with van der Waals surface area (Å²) in [6.07, 6.45) is 5.33. The van der Waals surface area contributed by atoms with Gasteiger partial charge >= 0.3 is 0 Å². The molecule has 0 aromatic rings. The molecule has 0 spiro atoms. The molecule has 111 valence electrons. The SMILES string of the molecule is CC.CCNC1CCN(CC2CC[N-]CC2)CC1.[Y]. The van der Waals surface area contributed by atoms with Crippen LogP contribution in [0.25, 0.3) is 5.32 Å². The molecule has 0 atom stereocenters. The third kappa shape index (κ3) is 8.11. The Bertz CT molecular complexity index is 188. The minimum atomic E-state index is 0. The van der Waals surface area contributed by atoms with Crippen LogP contribution in [0.15, 0.2) is 0 Å². The largest absolute Gasteiger partial charge is 0.662 e. The van der Waals surface area contributed by atoms with Crippen LogP contribution in [0, 0.1) is 5.92 Å². The van der Waals surface area contributed by atoms with E-state index in [1.165, 1.54) is 45.3 Å². The Balaban J connectivity index is 0.00000103. The van der Waals surface area contributed by atoms with Crippen molar-refractivity contribution in [2.24, 2.45) is 5.92 Å². The van der Waals surface area contributed by atoms with Gasteiger partial charge in [0, 0.05) is 45.3 Å². The van der Waals surface area contributed by atoms with E-state index in [4.69, 9.17) is 0 Å². The number of hydrogen-bond donors (Lipinski definition) is 1. The van der Waals surface area contributed by atoms with E-state index in [9.17, 15) is 0 Å². The number of hydrogen-bond acceptors (Lipinski definition) is 2. The molecule has 2 rings (SSSR count). The first-order valence-electron chi connectivity index (χ1n) is 7.97. The van der Waals surface area contributed by atoms with Crippen molar-refractivity contribution in [2.45, 2.75) is 52.5 Å². The van der Waals surface area contributed by atoms with Crippen molar-refractivity contribution in [2.75, 3.05) is 39.3 Å². The number of piperidine rings is 2. The van der Waals surface area contributed by atoms with Crippen molar-refractivity contribution >= 4 is 0 Å². The minimum Gasteiger partial charge on any atom is -0.662 e.